The predicted octanol–water partition coefficient (Wildman–Crippen LogP) is 1.66. The minimum Gasteiger partial charge on any atom is -0.491 e. The molecule has 0 saturated carbocycles. The van der Waals surface area contributed by atoms with Crippen molar-refractivity contribution in [3.8, 4) is 17.1 Å². The van der Waals surface area contributed by atoms with Gasteiger partial charge in [0.15, 0.2) is 0 Å². The number of hydrogen-bond donors (Lipinski definition) is 0. The zero-order chi connectivity index (χ0) is 11.5. The molecule has 0 fully saturated rings. The third-order valence-corrected chi connectivity index (χ3v) is 1.99. The molecule has 0 amide bonds. The third-order valence-electron chi connectivity index (χ3n) is 1.99. The molecule has 0 unspecified atom stereocenters. The minimum atomic E-state index is 0.181. The molecular formula is C11H14N4O. The van der Waals surface area contributed by atoms with Crippen molar-refractivity contribution in [1.29, 1.82) is 0 Å². The molecule has 0 aliphatic carbocycles. The fourth-order valence-electron chi connectivity index (χ4n) is 1.35. The third kappa shape index (κ3) is 2.36. The number of tetrazole rings is 1. The van der Waals surface area contributed by atoms with Gasteiger partial charge in [0.25, 0.3) is 0 Å². The minimum absolute atomic E-state index is 0.181. The highest BCUT2D eigenvalue weighted by atomic mass is 16.5. The fourth-order valence-corrected chi connectivity index (χ4v) is 1.35. The summed E-state index contributed by atoms with van der Waals surface area (Å²) in [6.45, 7) is 4.00. The van der Waals surface area contributed by atoms with Gasteiger partial charge in [-0.3, -0.25) is 0 Å². The number of aromatic nitrogens is 4. The Morgan fingerprint density at radius 2 is 1.88 bits per heavy atom. The smallest absolute Gasteiger partial charge is 0.204 e. The van der Waals surface area contributed by atoms with Crippen LogP contribution < -0.4 is 4.74 Å². The van der Waals surface area contributed by atoms with Crippen LogP contribution in [0.2, 0.25) is 0 Å². The Hall–Kier alpha value is -1.91. The fraction of sp³-hybridized carbons (Fsp3) is 0.364. The van der Waals surface area contributed by atoms with Crippen molar-refractivity contribution in [2.45, 2.75) is 20.0 Å². The van der Waals surface area contributed by atoms with Crippen LogP contribution in [0.4, 0.5) is 0 Å². The van der Waals surface area contributed by atoms with E-state index in [0.717, 1.165) is 11.3 Å². The molecule has 0 aliphatic rings. The summed E-state index contributed by atoms with van der Waals surface area (Å²) >= 11 is 0. The largest absolute Gasteiger partial charge is 0.491 e. The van der Waals surface area contributed by atoms with E-state index in [1.165, 1.54) is 4.80 Å². The molecule has 84 valence electrons. The van der Waals surface area contributed by atoms with Gasteiger partial charge in [-0.2, -0.15) is 4.80 Å². The average Bonchev–Trinajstić information content (AvgIpc) is 2.65. The zero-order valence-corrected chi connectivity index (χ0v) is 9.58. The van der Waals surface area contributed by atoms with Gasteiger partial charge in [-0.15, -0.1) is 10.2 Å². The Bertz CT molecular complexity index is 461. The van der Waals surface area contributed by atoms with Crippen LogP contribution in [0.25, 0.3) is 11.4 Å². The SMILES string of the molecule is CC(C)Oc1ccc(-c2nnn(C)n2)cc1. The summed E-state index contributed by atoms with van der Waals surface area (Å²) in [6, 6.07) is 7.67. The highest BCUT2D eigenvalue weighted by Gasteiger charge is 2.04. The topological polar surface area (TPSA) is 52.8 Å². The van der Waals surface area contributed by atoms with Gasteiger partial charge < -0.3 is 4.74 Å². The first-order valence-corrected chi connectivity index (χ1v) is 5.16. The summed E-state index contributed by atoms with van der Waals surface area (Å²) in [4.78, 5) is 1.44. The highest BCUT2D eigenvalue weighted by molar-refractivity contribution is 5.55. The highest BCUT2D eigenvalue weighted by Crippen LogP contribution is 2.19. The van der Waals surface area contributed by atoms with E-state index < -0.39 is 0 Å². The van der Waals surface area contributed by atoms with E-state index in [2.05, 4.69) is 15.4 Å². The lowest BCUT2D eigenvalue weighted by Crippen LogP contribution is -2.05. The lowest BCUT2D eigenvalue weighted by molar-refractivity contribution is 0.242. The number of aryl methyl sites for hydroxylation is 1. The first-order valence-electron chi connectivity index (χ1n) is 5.16. The van der Waals surface area contributed by atoms with Gasteiger partial charge in [-0.05, 0) is 43.3 Å². The van der Waals surface area contributed by atoms with E-state index in [1.807, 2.05) is 38.1 Å². The molecule has 0 aliphatic heterocycles. The van der Waals surface area contributed by atoms with Crippen LogP contribution in [0, 0.1) is 0 Å². The van der Waals surface area contributed by atoms with Gasteiger partial charge in [0, 0.05) is 5.56 Å². The van der Waals surface area contributed by atoms with Crippen molar-refractivity contribution in [2.24, 2.45) is 7.05 Å². The Morgan fingerprint density at radius 3 is 2.38 bits per heavy atom. The molecule has 0 N–H and O–H groups in total. The van der Waals surface area contributed by atoms with E-state index >= 15 is 0 Å². The summed E-state index contributed by atoms with van der Waals surface area (Å²) in [7, 11) is 1.74. The molecular weight excluding hydrogens is 204 g/mol. The van der Waals surface area contributed by atoms with Crippen LogP contribution >= 0.6 is 0 Å². The van der Waals surface area contributed by atoms with E-state index in [1.54, 1.807) is 7.05 Å². The van der Waals surface area contributed by atoms with Gasteiger partial charge in [-0.25, -0.2) is 0 Å². The maximum absolute atomic E-state index is 5.55. The molecule has 1 aromatic heterocycles. The molecule has 2 rings (SSSR count). The maximum atomic E-state index is 5.55. The molecule has 16 heavy (non-hydrogen) atoms. The zero-order valence-electron chi connectivity index (χ0n) is 9.58. The first kappa shape index (κ1) is 10.6. The molecule has 0 saturated heterocycles. The Balaban J connectivity index is 2.19. The normalized spacial score (nSPS) is 10.8. The van der Waals surface area contributed by atoms with E-state index in [9.17, 15) is 0 Å². The summed E-state index contributed by atoms with van der Waals surface area (Å²) in [6.07, 6.45) is 0.181. The Kier molecular flexibility index (Phi) is 2.85. The number of nitrogens with zero attached hydrogens (tertiary/aromatic N) is 4. The number of benzene rings is 1. The second kappa shape index (κ2) is 4.30. The van der Waals surface area contributed by atoms with Gasteiger partial charge >= 0.3 is 0 Å². The quantitative estimate of drug-likeness (QED) is 0.786. The Labute approximate surface area is 94.0 Å². The van der Waals surface area contributed by atoms with Crippen molar-refractivity contribution < 1.29 is 4.74 Å². The standard InChI is InChI=1S/C11H14N4O/c1-8(2)16-10-6-4-9(5-7-10)11-12-14-15(3)13-11/h4-8H,1-3H3. The summed E-state index contributed by atoms with van der Waals surface area (Å²) < 4.78 is 5.55. The predicted molar refractivity (Wildman–Crippen MR) is 60.0 cm³/mol. The molecule has 5 heteroatoms. The maximum Gasteiger partial charge on any atom is 0.204 e. The molecule has 0 radical (unpaired) electrons. The summed E-state index contributed by atoms with van der Waals surface area (Å²) in [5.41, 5.74) is 0.934. The average molecular weight is 218 g/mol. The molecule has 5 nitrogen and oxygen atoms in total. The van der Waals surface area contributed by atoms with Crippen molar-refractivity contribution in [2.75, 3.05) is 0 Å². The lowest BCUT2D eigenvalue weighted by Gasteiger charge is -2.09. The second-order valence-electron chi connectivity index (χ2n) is 3.79. The Morgan fingerprint density at radius 1 is 1.19 bits per heavy atom. The monoisotopic (exact) mass is 218 g/mol. The first-order chi connectivity index (χ1) is 7.65. The summed E-state index contributed by atoms with van der Waals surface area (Å²) in [5, 5.41) is 11.9. The van der Waals surface area contributed by atoms with E-state index in [0.29, 0.717) is 5.82 Å². The van der Waals surface area contributed by atoms with E-state index in [-0.39, 0.29) is 6.10 Å². The molecule has 1 heterocycles. The van der Waals surface area contributed by atoms with Crippen LogP contribution in [0.3, 0.4) is 0 Å². The van der Waals surface area contributed by atoms with Crippen LogP contribution in [0.5, 0.6) is 5.75 Å². The molecule has 2 aromatic rings. The van der Waals surface area contributed by atoms with Crippen molar-refractivity contribution in [1.82, 2.24) is 20.2 Å². The summed E-state index contributed by atoms with van der Waals surface area (Å²) in [5.74, 6) is 1.47. The molecule has 0 spiro atoms. The molecule has 0 bridgehead atoms. The van der Waals surface area contributed by atoms with E-state index in [4.69, 9.17) is 4.74 Å². The molecule has 0 atom stereocenters. The lowest BCUT2D eigenvalue weighted by atomic mass is 10.2. The number of ether oxygens (including phenoxy) is 1. The van der Waals surface area contributed by atoms with Gasteiger partial charge in [0.05, 0.1) is 13.2 Å². The molecule has 1 aromatic carbocycles. The second-order valence-corrected chi connectivity index (χ2v) is 3.79. The van der Waals surface area contributed by atoms with Crippen molar-refractivity contribution >= 4 is 0 Å². The van der Waals surface area contributed by atoms with Gasteiger partial charge in [0.1, 0.15) is 5.75 Å². The van der Waals surface area contributed by atoms with Crippen LogP contribution in [-0.4, -0.2) is 26.3 Å². The van der Waals surface area contributed by atoms with Gasteiger partial charge in [0.2, 0.25) is 5.82 Å². The number of rotatable bonds is 3. The van der Waals surface area contributed by atoms with Crippen LogP contribution in [0.1, 0.15) is 13.8 Å². The van der Waals surface area contributed by atoms with Crippen molar-refractivity contribution in [3.05, 3.63) is 24.3 Å². The number of hydrogen-bond acceptors (Lipinski definition) is 4. The van der Waals surface area contributed by atoms with Crippen molar-refractivity contribution in [3.63, 3.8) is 0 Å². The van der Waals surface area contributed by atoms with Crippen LogP contribution in [0.15, 0.2) is 24.3 Å². The van der Waals surface area contributed by atoms with Crippen LogP contribution in [-0.2, 0) is 7.05 Å². The van der Waals surface area contributed by atoms with Gasteiger partial charge in [-0.1, -0.05) is 0 Å².